The lowest BCUT2D eigenvalue weighted by molar-refractivity contribution is -0.394. The maximum Gasteiger partial charge on any atom is 0.338 e. The molecule has 0 unspecified atom stereocenters. The van der Waals surface area contributed by atoms with Crippen LogP contribution < -0.4 is 29.1 Å². The van der Waals surface area contributed by atoms with Crippen LogP contribution in [0.4, 0.5) is 11.4 Å². The molecule has 0 radical (unpaired) electrons. The van der Waals surface area contributed by atoms with E-state index >= 15 is 0 Å². The summed E-state index contributed by atoms with van der Waals surface area (Å²) < 4.78 is 24.3. The smallest absolute Gasteiger partial charge is 0.338 e. The Balaban J connectivity index is 1.57. The minimum absolute atomic E-state index is 0.122. The van der Waals surface area contributed by atoms with E-state index < -0.39 is 38.8 Å². The summed E-state index contributed by atoms with van der Waals surface area (Å²) in [7, 11) is 2.98. The molecule has 4 aromatic rings. The number of carbonyl (C=O) groups excluding carboxylic acids is 1. The van der Waals surface area contributed by atoms with Gasteiger partial charge in [0.1, 0.15) is 5.75 Å². The normalized spacial score (nSPS) is 14.2. The first kappa shape index (κ1) is 33.0. The molecule has 1 aromatic heterocycles. The number of rotatable bonds is 10. The molecule has 0 saturated carbocycles. The van der Waals surface area contributed by atoms with Gasteiger partial charge >= 0.3 is 11.7 Å². The number of allylic oxidation sites excluding steroid dienone is 1. The Hall–Kier alpha value is -5.35. The van der Waals surface area contributed by atoms with Crippen molar-refractivity contribution in [3.63, 3.8) is 0 Å². The highest BCUT2D eigenvalue weighted by Crippen LogP contribution is 2.41. The van der Waals surface area contributed by atoms with Gasteiger partial charge in [-0.05, 0) is 61.4 Å². The van der Waals surface area contributed by atoms with Crippen molar-refractivity contribution in [2.24, 2.45) is 4.99 Å². The van der Waals surface area contributed by atoms with Crippen LogP contribution in [0, 0.1) is 20.2 Å². The number of non-ortho nitro benzene ring substituents is 1. The van der Waals surface area contributed by atoms with Gasteiger partial charge in [-0.2, -0.15) is 0 Å². The number of fused-ring (bicyclic) bond motifs is 1. The summed E-state index contributed by atoms with van der Waals surface area (Å²) in [4.78, 5) is 53.2. The lowest BCUT2D eigenvalue weighted by atomic mass is 9.95. The zero-order valence-corrected chi connectivity index (χ0v) is 27.6. The van der Waals surface area contributed by atoms with Gasteiger partial charge in [-0.3, -0.25) is 29.6 Å². The summed E-state index contributed by atoms with van der Waals surface area (Å²) in [5.74, 6) is 0.291. The Morgan fingerprint density at radius 3 is 2.32 bits per heavy atom. The molecular weight excluding hydrogens is 700 g/mol. The second-order valence-electron chi connectivity index (χ2n) is 9.87. The standard InChI is InChI=1S/C31H25BrN4O10S/c1-5-45-30(38)27-16(2)33-31-34(28(27)20-14-24(43-3)25(44-4)15-21(20)32)29(37)26(47-31)12-17-6-9-19(10-7-17)46-23-11-8-18(35(39)40)13-22(23)36(41)42/h6-15,28H,5H2,1-4H3/b26-12-/t28-/m1/s1. The number of nitro groups is 2. The summed E-state index contributed by atoms with van der Waals surface area (Å²) in [6.07, 6.45) is 1.64. The second-order valence-corrected chi connectivity index (χ2v) is 11.7. The number of methoxy groups -OCH3 is 2. The van der Waals surface area contributed by atoms with E-state index in [9.17, 15) is 29.8 Å². The van der Waals surface area contributed by atoms with Gasteiger partial charge in [-0.25, -0.2) is 9.79 Å². The zero-order valence-electron chi connectivity index (χ0n) is 25.2. The SMILES string of the molecule is CCOC(=O)C1=C(C)N=c2s/c(=C\c3ccc(Oc4ccc([N+](=O)[O-])cc4[N+](=O)[O-])cc3)c(=O)n2[C@@H]1c1cc(OC)c(OC)cc1Br. The van der Waals surface area contributed by atoms with Gasteiger partial charge in [0.05, 0.1) is 58.6 Å². The van der Waals surface area contributed by atoms with Gasteiger partial charge in [0.2, 0.25) is 5.75 Å². The molecule has 242 valence electrons. The summed E-state index contributed by atoms with van der Waals surface area (Å²) in [5.41, 5.74) is 0.339. The van der Waals surface area contributed by atoms with Gasteiger partial charge in [0, 0.05) is 10.5 Å². The maximum absolute atomic E-state index is 14.0. The molecule has 0 amide bonds. The number of nitro benzene ring substituents is 2. The zero-order chi connectivity index (χ0) is 34.0. The van der Waals surface area contributed by atoms with Gasteiger partial charge < -0.3 is 18.9 Å². The molecule has 0 spiro atoms. The Bertz CT molecular complexity index is 2140. The minimum Gasteiger partial charge on any atom is -0.493 e. The van der Waals surface area contributed by atoms with E-state index in [0.717, 1.165) is 29.5 Å². The first-order chi connectivity index (χ1) is 22.5. The monoisotopic (exact) mass is 724 g/mol. The van der Waals surface area contributed by atoms with Crippen molar-refractivity contribution < 1.29 is 33.6 Å². The lowest BCUT2D eigenvalue weighted by Crippen LogP contribution is -2.40. The molecule has 14 nitrogen and oxygen atoms in total. The molecule has 1 aliphatic heterocycles. The molecule has 0 saturated heterocycles. The number of nitrogens with zero attached hydrogens (tertiary/aromatic N) is 4. The van der Waals surface area contributed by atoms with Crippen LogP contribution in [0.5, 0.6) is 23.0 Å². The fourth-order valence-electron chi connectivity index (χ4n) is 4.92. The molecule has 0 N–H and O–H groups in total. The van der Waals surface area contributed by atoms with Crippen LogP contribution >= 0.6 is 27.3 Å². The van der Waals surface area contributed by atoms with Crippen LogP contribution in [-0.4, -0.2) is 41.2 Å². The summed E-state index contributed by atoms with van der Waals surface area (Å²) in [6.45, 7) is 3.49. The number of halogens is 1. The average Bonchev–Trinajstić information content (AvgIpc) is 3.34. The third-order valence-corrected chi connectivity index (χ3v) is 8.74. The summed E-state index contributed by atoms with van der Waals surface area (Å²) in [6, 6.07) is 11.9. The Labute approximate surface area is 278 Å². The first-order valence-electron chi connectivity index (χ1n) is 13.8. The van der Waals surface area contributed by atoms with E-state index in [2.05, 4.69) is 20.9 Å². The number of thiazole rings is 1. The van der Waals surface area contributed by atoms with Crippen molar-refractivity contribution in [3.8, 4) is 23.0 Å². The van der Waals surface area contributed by atoms with Crippen LogP contribution in [0.25, 0.3) is 6.08 Å². The number of aromatic nitrogens is 1. The molecule has 5 rings (SSSR count). The quantitative estimate of drug-likeness (QED) is 0.120. The van der Waals surface area contributed by atoms with Crippen molar-refractivity contribution in [2.75, 3.05) is 20.8 Å². The molecule has 16 heteroatoms. The Morgan fingerprint density at radius 1 is 1.02 bits per heavy atom. The van der Waals surface area contributed by atoms with Crippen LogP contribution in [0.15, 0.2) is 80.1 Å². The van der Waals surface area contributed by atoms with Crippen LogP contribution in [0.1, 0.15) is 31.0 Å². The molecule has 0 aliphatic carbocycles. The third-order valence-electron chi connectivity index (χ3n) is 7.07. The number of esters is 1. The molecule has 1 aliphatic rings. The van der Waals surface area contributed by atoms with Gasteiger partial charge in [-0.1, -0.05) is 39.4 Å². The summed E-state index contributed by atoms with van der Waals surface area (Å²) in [5, 5.41) is 22.5. The van der Waals surface area contributed by atoms with E-state index in [1.165, 1.54) is 18.8 Å². The second kappa shape index (κ2) is 13.6. The number of hydrogen-bond acceptors (Lipinski definition) is 12. The molecular formula is C31H25BrN4O10S. The van der Waals surface area contributed by atoms with Gasteiger partial charge in [0.15, 0.2) is 16.3 Å². The molecule has 47 heavy (non-hydrogen) atoms. The topological polar surface area (TPSA) is 175 Å². The fraction of sp³-hybridized carbons (Fsp3) is 0.194. The average molecular weight is 726 g/mol. The predicted molar refractivity (Wildman–Crippen MR) is 174 cm³/mol. The van der Waals surface area contributed by atoms with Crippen molar-refractivity contribution in [2.45, 2.75) is 19.9 Å². The Morgan fingerprint density at radius 2 is 1.70 bits per heavy atom. The first-order valence-corrected chi connectivity index (χ1v) is 15.4. The van der Waals surface area contributed by atoms with Crippen molar-refractivity contribution >= 4 is 50.7 Å². The van der Waals surface area contributed by atoms with Crippen molar-refractivity contribution in [1.29, 1.82) is 0 Å². The number of carbonyl (C=O) groups is 1. The van der Waals surface area contributed by atoms with Crippen LogP contribution in [0.2, 0.25) is 0 Å². The highest BCUT2D eigenvalue weighted by molar-refractivity contribution is 9.10. The van der Waals surface area contributed by atoms with E-state index in [1.54, 1.807) is 56.3 Å². The van der Waals surface area contributed by atoms with E-state index in [0.29, 0.717) is 42.1 Å². The highest BCUT2D eigenvalue weighted by Gasteiger charge is 2.35. The maximum atomic E-state index is 14.0. The highest BCUT2D eigenvalue weighted by atomic mass is 79.9. The van der Waals surface area contributed by atoms with E-state index in [-0.39, 0.29) is 23.7 Å². The van der Waals surface area contributed by atoms with Crippen molar-refractivity contribution in [3.05, 3.63) is 121 Å². The predicted octanol–water partition coefficient (Wildman–Crippen LogP) is 5.19. The molecule has 0 fully saturated rings. The minimum atomic E-state index is -0.908. The van der Waals surface area contributed by atoms with E-state index in [4.69, 9.17) is 18.9 Å². The van der Waals surface area contributed by atoms with Gasteiger partial charge in [-0.15, -0.1) is 0 Å². The molecule has 1 atom stereocenters. The van der Waals surface area contributed by atoms with Crippen LogP contribution in [0.3, 0.4) is 0 Å². The van der Waals surface area contributed by atoms with Gasteiger partial charge in [0.25, 0.3) is 11.2 Å². The molecule has 2 heterocycles. The largest absolute Gasteiger partial charge is 0.493 e. The van der Waals surface area contributed by atoms with Crippen LogP contribution in [-0.2, 0) is 9.53 Å². The number of ether oxygens (including phenoxy) is 4. The van der Waals surface area contributed by atoms with Crippen molar-refractivity contribution in [1.82, 2.24) is 4.57 Å². The summed E-state index contributed by atoms with van der Waals surface area (Å²) >= 11 is 4.71. The Kier molecular flexibility index (Phi) is 9.53. The third kappa shape index (κ3) is 6.50. The molecule has 0 bridgehead atoms. The fourth-order valence-corrected chi connectivity index (χ4v) is 6.51. The number of benzene rings is 3. The number of hydrogen-bond donors (Lipinski definition) is 0. The lowest BCUT2D eigenvalue weighted by Gasteiger charge is -2.26. The molecule has 3 aromatic carbocycles. The van der Waals surface area contributed by atoms with E-state index in [1.807, 2.05) is 0 Å².